The van der Waals surface area contributed by atoms with Crippen molar-refractivity contribution in [3.05, 3.63) is 82.9 Å². The van der Waals surface area contributed by atoms with Crippen LogP contribution in [0.1, 0.15) is 46.8 Å². The molecule has 2 aromatic carbocycles. The fraction of sp³-hybridized carbons (Fsp3) is 0.429. The van der Waals surface area contributed by atoms with Crippen molar-refractivity contribution in [3.63, 3.8) is 0 Å². The van der Waals surface area contributed by atoms with Gasteiger partial charge in [-0.25, -0.2) is 15.0 Å². The van der Waals surface area contributed by atoms with E-state index in [1.165, 1.54) is 11.1 Å². The molecule has 5 aliphatic heterocycles. The molecule has 0 radical (unpaired) electrons. The van der Waals surface area contributed by atoms with E-state index in [-0.39, 0.29) is 11.8 Å². The lowest BCUT2D eigenvalue weighted by Crippen LogP contribution is -2.62. The number of imide groups is 1. The Morgan fingerprint density at radius 1 is 0.930 bits per heavy atom. The van der Waals surface area contributed by atoms with E-state index in [1.807, 2.05) is 24.1 Å². The SMILES string of the molecule is Cc1c(N2CCc3cnc(Nc4ccc(CN5CC(N6CCN(c7cccc8c(C9CCC(=O)NC9=O)nn(C)c78)CC6)C5)cc4)nc3C2)cnc2c1NCCO2. The maximum atomic E-state index is 12.7. The minimum Gasteiger partial charge on any atom is -0.474 e. The molecule has 1 unspecified atom stereocenters. The van der Waals surface area contributed by atoms with Crippen molar-refractivity contribution in [2.24, 2.45) is 7.05 Å². The molecule has 294 valence electrons. The number of aromatic nitrogens is 5. The zero-order valence-corrected chi connectivity index (χ0v) is 32.5. The van der Waals surface area contributed by atoms with Crippen LogP contribution in [0.5, 0.6) is 5.88 Å². The lowest BCUT2D eigenvalue weighted by Gasteiger charge is -2.48. The predicted molar refractivity (Wildman–Crippen MR) is 218 cm³/mol. The summed E-state index contributed by atoms with van der Waals surface area (Å²) in [6, 6.07) is 15.5. The number of carbonyl (C=O) groups excluding carboxylic acids is 2. The van der Waals surface area contributed by atoms with Crippen LogP contribution in [-0.4, -0.2) is 111 Å². The molecule has 5 aromatic rings. The summed E-state index contributed by atoms with van der Waals surface area (Å²) in [6.45, 7) is 12.1. The molecule has 57 heavy (non-hydrogen) atoms. The number of hydrogen-bond acceptors (Lipinski definition) is 13. The van der Waals surface area contributed by atoms with E-state index in [4.69, 9.17) is 14.8 Å². The van der Waals surface area contributed by atoms with Crippen molar-refractivity contribution >= 4 is 51.4 Å². The summed E-state index contributed by atoms with van der Waals surface area (Å²) in [6.07, 6.45) is 5.61. The molecule has 10 rings (SSSR count). The molecule has 0 aliphatic carbocycles. The number of aryl methyl sites for hydroxylation is 1. The van der Waals surface area contributed by atoms with Gasteiger partial charge in [-0.3, -0.25) is 29.4 Å². The number of piperidine rings is 1. The number of rotatable bonds is 8. The van der Waals surface area contributed by atoms with Gasteiger partial charge in [0, 0.05) is 101 Å². The predicted octanol–water partition coefficient (Wildman–Crippen LogP) is 3.70. The van der Waals surface area contributed by atoms with Gasteiger partial charge in [-0.2, -0.15) is 5.10 Å². The third kappa shape index (κ3) is 6.78. The normalized spacial score (nSPS) is 20.4. The van der Waals surface area contributed by atoms with Crippen LogP contribution in [0, 0.1) is 6.92 Å². The minimum atomic E-state index is -0.402. The maximum absolute atomic E-state index is 12.7. The molecule has 3 saturated heterocycles. The molecular formula is C42H48N12O3. The average molecular weight is 769 g/mol. The first-order valence-corrected chi connectivity index (χ1v) is 20.2. The molecule has 15 nitrogen and oxygen atoms in total. The number of fused-ring (bicyclic) bond motifs is 3. The number of likely N-dealkylation sites (tertiary alicyclic amines) is 1. The maximum Gasteiger partial charge on any atom is 0.237 e. The Balaban J connectivity index is 0.713. The van der Waals surface area contributed by atoms with Crippen molar-refractivity contribution in [1.82, 2.24) is 39.8 Å². The third-order valence-corrected chi connectivity index (χ3v) is 12.4. The third-order valence-electron chi connectivity index (χ3n) is 12.4. The van der Waals surface area contributed by atoms with Gasteiger partial charge < -0.3 is 25.2 Å². The van der Waals surface area contributed by atoms with Crippen LogP contribution in [0.4, 0.5) is 28.7 Å². The Morgan fingerprint density at radius 2 is 1.77 bits per heavy atom. The molecule has 15 heteroatoms. The zero-order chi connectivity index (χ0) is 38.6. The number of pyridine rings is 1. The van der Waals surface area contributed by atoms with E-state index in [1.54, 1.807) is 0 Å². The molecule has 3 fully saturated rings. The summed E-state index contributed by atoms with van der Waals surface area (Å²) >= 11 is 0. The van der Waals surface area contributed by atoms with E-state index in [2.05, 4.69) is 94.9 Å². The highest BCUT2D eigenvalue weighted by atomic mass is 16.5. The van der Waals surface area contributed by atoms with Crippen LogP contribution in [-0.2, 0) is 36.1 Å². The molecule has 0 spiro atoms. The summed E-state index contributed by atoms with van der Waals surface area (Å²) in [5, 5.41) is 15.2. The van der Waals surface area contributed by atoms with Crippen molar-refractivity contribution in [1.29, 1.82) is 0 Å². The Kier molecular flexibility index (Phi) is 9.13. The fourth-order valence-corrected chi connectivity index (χ4v) is 9.22. The van der Waals surface area contributed by atoms with Crippen LogP contribution >= 0.6 is 0 Å². The lowest BCUT2D eigenvalue weighted by atomic mass is 9.92. The topological polar surface area (TPSA) is 149 Å². The summed E-state index contributed by atoms with van der Waals surface area (Å²) in [5.41, 5.74) is 10.7. The van der Waals surface area contributed by atoms with Gasteiger partial charge in [-0.15, -0.1) is 0 Å². The van der Waals surface area contributed by atoms with Crippen molar-refractivity contribution in [2.45, 2.75) is 51.2 Å². The number of amides is 2. The largest absolute Gasteiger partial charge is 0.474 e. The van der Waals surface area contributed by atoms with Gasteiger partial charge in [-0.1, -0.05) is 24.3 Å². The van der Waals surface area contributed by atoms with Gasteiger partial charge in [0.05, 0.1) is 46.9 Å². The minimum absolute atomic E-state index is 0.206. The lowest BCUT2D eigenvalue weighted by molar-refractivity contribution is -0.134. The Hall–Kier alpha value is -5.80. The fourth-order valence-electron chi connectivity index (χ4n) is 9.22. The number of hydrogen-bond donors (Lipinski definition) is 3. The number of para-hydroxylation sites is 1. The van der Waals surface area contributed by atoms with Crippen molar-refractivity contribution < 1.29 is 14.3 Å². The molecule has 5 aliphatic rings. The Bertz CT molecular complexity index is 2350. The van der Waals surface area contributed by atoms with Gasteiger partial charge in [0.25, 0.3) is 0 Å². The van der Waals surface area contributed by atoms with Gasteiger partial charge in [0.15, 0.2) is 0 Å². The van der Waals surface area contributed by atoms with Gasteiger partial charge >= 0.3 is 0 Å². The van der Waals surface area contributed by atoms with Crippen molar-refractivity contribution in [2.75, 3.05) is 79.4 Å². The van der Waals surface area contributed by atoms with E-state index in [0.717, 1.165) is 116 Å². The van der Waals surface area contributed by atoms with E-state index in [9.17, 15) is 9.59 Å². The zero-order valence-electron chi connectivity index (χ0n) is 32.5. The van der Waals surface area contributed by atoms with E-state index < -0.39 is 5.92 Å². The number of nitrogens with zero attached hydrogens (tertiary/aromatic N) is 9. The summed E-state index contributed by atoms with van der Waals surface area (Å²) in [5.74, 6) is 0.436. The standard InChI is InChI=1S/C42H48N12O3/c1-26-35(21-44-41-37(26)43-13-19-57-41)54-14-12-28-20-45-42(47-33(28)25-54)46-29-8-6-27(7-9-29)22-51-23-30(24-51)52-15-17-53(18-16-52)34-5-3-4-31-38(49-50(2)39(31)34)32-10-11-36(55)48-40(32)56/h3-9,20-21,30,32,43H,10-19,22-25H2,1-2H3,(H,45,46,47)(H,48,55,56). The smallest absolute Gasteiger partial charge is 0.237 e. The number of carbonyl (C=O) groups is 2. The Labute approximate surface area is 331 Å². The van der Waals surface area contributed by atoms with Crippen LogP contribution in [0.25, 0.3) is 10.9 Å². The quantitative estimate of drug-likeness (QED) is 0.197. The molecular weight excluding hydrogens is 721 g/mol. The second kappa shape index (κ2) is 14.6. The molecule has 3 N–H and O–H groups in total. The number of anilines is 5. The highest BCUT2D eigenvalue weighted by molar-refractivity contribution is 6.03. The number of piperazine rings is 1. The highest BCUT2D eigenvalue weighted by Gasteiger charge is 2.35. The summed E-state index contributed by atoms with van der Waals surface area (Å²) < 4.78 is 7.64. The van der Waals surface area contributed by atoms with Crippen LogP contribution in [0.2, 0.25) is 0 Å². The monoisotopic (exact) mass is 768 g/mol. The molecule has 8 heterocycles. The van der Waals surface area contributed by atoms with Gasteiger partial charge in [-0.05, 0) is 49.1 Å². The second-order valence-electron chi connectivity index (χ2n) is 15.9. The summed E-state index contributed by atoms with van der Waals surface area (Å²) in [4.78, 5) is 48.6. The van der Waals surface area contributed by atoms with Crippen LogP contribution < -0.4 is 30.5 Å². The van der Waals surface area contributed by atoms with E-state index in [0.29, 0.717) is 43.9 Å². The first kappa shape index (κ1) is 35.6. The van der Waals surface area contributed by atoms with Gasteiger partial charge in [0.1, 0.15) is 12.3 Å². The second-order valence-corrected chi connectivity index (χ2v) is 15.9. The molecule has 3 aromatic heterocycles. The van der Waals surface area contributed by atoms with Crippen molar-refractivity contribution in [3.8, 4) is 5.88 Å². The summed E-state index contributed by atoms with van der Waals surface area (Å²) in [7, 11) is 1.95. The average Bonchev–Trinajstić information content (AvgIpc) is 3.55. The Morgan fingerprint density at radius 3 is 2.60 bits per heavy atom. The number of benzene rings is 2. The van der Waals surface area contributed by atoms with Crippen LogP contribution in [0.15, 0.2) is 54.9 Å². The molecule has 1 atom stereocenters. The first-order chi connectivity index (χ1) is 27.8. The van der Waals surface area contributed by atoms with E-state index >= 15 is 0 Å². The molecule has 2 amide bonds. The number of nitrogens with one attached hydrogen (secondary N) is 3. The molecule has 0 saturated carbocycles. The first-order valence-electron chi connectivity index (χ1n) is 20.2. The van der Waals surface area contributed by atoms with Gasteiger partial charge in [0.2, 0.25) is 23.6 Å². The van der Waals surface area contributed by atoms with Crippen LogP contribution in [0.3, 0.4) is 0 Å². The molecule has 0 bridgehead atoms. The number of ether oxygens (including phenoxy) is 1. The highest BCUT2D eigenvalue weighted by Crippen LogP contribution is 2.37.